The van der Waals surface area contributed by atoms with Crippen LogP contribution in [0.25, 0.3) is 0 Å². The Kier molecular flexibility index (Phi) is 2.84. The molecule has 1 aromatic rings. The number of aliphatic carboxylic acids is 1. The van der Waals surface area contributed by atoms with Crippen molar-refractivity contribution < 1.29 is 15.0 Å². The molecule has 8 heteroatoms. The van der Waals surface area contributed by atoms with Crippen molar-refractivity contribution in [2.45, 2.75) is 25.1 Å². The fourth-order valence-electron chi connectivity index (χ4n) is 1.88. The summed E-state index contributed by atoms with van der Waals surface area (Å²) >= 11 is 0. The first-order valence-corrected chi connectivity index (χ1v) is 4.94. The van der Waals surface area contributed by atoms with Gasteiger partial charge in [0, 0.05) is 13.0 Å². The molecule has 1 aliphatic heterocycles. The van der Waals surface area contributed by atoms with Gasteiger partial charge < -0.3 is 10.2 Å². The lowest BCUT2D eigenvalue weighted by molar-refractivity contribution is -0.142. The smallest absolute Gasteiger partial charge is 0.321 e. The SMILES string of the molecule is Cn1nnc(CN2CC(O)CC2C(=O)O)n1. The number of β-amino-alcohol motifs (C(OH)–C–C–N with tert-alkyl or cyclic N) is 1. The number of carbonyl (C=O) groups is 1. The van der Waals surface area contributed by atoms with E-state index in [0.717, 1.165) is 0 Å². The van der Waals surface area contributed by atoms with Gasteiger partial charge in [-0.1, -0.05) is 0 Å². The zero-order valence-electron chi connectivity index (χ0n) is 8.81. The monoisotopic (exact) mass is 227 g/mol. The molecule has 88 valence electrons. The number of rotatable bonds is 3. The summed E-state index contributed by atoms with van der Waals surface area (Å²) in [6.45, 7) is 0.622. The topological polar surface area (TPSA) is 104 Å². The molecule has 0 bridgehead atoms. The summed E-state index contributed by atoms with van der Waals surface area (Å²) in [6.07, 6.45) is -0.354. The molecule has 2 atom stereocenters. The highest BCUT2D eigenvalue weighted by atomic mass is 16.4. The highest BCUT2D eigenvalue weighted by Crippen LogP contribution is 2.19. The number of aliphatic hydroxyl groups is 1. The Morgan fingerprint density at radius 1 is 1.62 bits per heavy atom. The van der Waals surface area contributed by atoms with Crippen LogP contribution in [0.4, 0.5) is 0 Å². The number of carboxylic acids is 1. The second kappa shape index (κ2) is 4.14. The molecule has 1 saturated heterocycles. The predicted octanol–water partition coefficient (Wildman–Crippen LogP) is -1.77. The standard InChI is InChI=1S/C8H13N5O3/c1-12-10-7(9-11-12)4-13-3-5(14)2-6(13)8(15)16/h5-6,14H,2-4H2,1H3,(H,15,16). The average Bonchev–Trinajstić information content (AvgIpc) is 2.74. The molecule has 2 heterocycles. The van der Waals surface area contributed by atoms with Gasteiger partial charge in [-0.3, -0.25) is 9.69 Å². The number of likely N-dealkylation sites (tertiary alicyclic amines) is 1. The fourth-order valence-corrected chi connectivity index (χ4v) is 1.88. The first-order valence-electron chi connectivity index (χ1n) is 4.94. The van der Waals surface area contributed by atoms with Gasteiger partial charge in [0.1, 0.15) is 6.04 Å². The maximum absolute atomic E-state index is 10.9. The number of tetrazole rings is 1. The van der Waals surface area contributed by atoms with Gasteiger partial charge in [0.05, 0.1) is 19.7 Å². The average molecular weight is 227 g/mol. The summed E-state index contributed by atoms with van der Waals surface area (Å²) in [4.78, 5) is 13.9. The summed E-state index contributed by atoms with van der Waals surface area (Å²) in [5.41, 5.74) is 0. The molecule has 1 aromatic heterocycles. The van der Waals surface area contributed by atoms with Crippen molar-refractivity contribution in [3.8, 4) is 0 Å². The first-order chi connectivity index (χ1) is 7.56. The summed E-state index contributed by atoms with van der Waals surface area (Å²) in [6, 6.07) is -0.668. The number of hydrogen-bond acceptors (Lipinski definition) is 6. The van der Waals surface area contributed by atoms with Crippen LogP contribution in [0.1, 0.15) is 12.2 Å². The van der Waals surface area contributed by atoms with Crippen LogP contribution in [0, 0.1) is 0 Å². The highest BCUT2D eigenvalue weighted by Gasteiger charge is 2.36. The summed E-state index contributed by atoms with van der Waals surface area (Å²) in [7, 11) is 1.64. The Hall–Kier alpha value is -1.54. The van der Waals surface area contributed by atoms with E-state index in [0.29, 0.717) is 18.9 Å². The van der Waals surface area contributed by atoms with E-state index in [1.807, 2.05) is 0 Å². The van der Waals surface area contributed by atoms with Crippen LogP contribution < -0.4 is 0 Å². The van der Waals surface area contributed by atoms with Crippen LogP contribution in [0.15, 0.2) is 0 Å². The molecule has 0 aliphatic carbocycles. The fraction of sp³-hybridized carbons (Fsp3) is 0.750. The summed E-state index contributed by atoms with van der Waals surface area (Å²) in [5.74, 6) is -0.469. The minimum atomic E-state index is -0.930. The van der Waals surface area contributed by atoms with E-state index in [2.05, 4.69) is 15.4 Å². The van der Waals surface area contributed by atoms with Gasteiger partial charge >= 0.3 is 5.97 Å². The Bertz CT molecular complexity index is 393. The van der Waals surface area contributed by atoms with E-state index in [-0.39, 0.29) is 6.42 Å². The molecular formula is C8H13N5O3. The van der Waals surface area contributed by atoms with Crippen LogP contribution in [0.3, 0.4) is 0 Å². The number of hydrogen-bond donors (Lipinski definition) is 2. The van der Waals surface area contributed by atoms with E-state index in [9.17, 15) is 9.90 Å². The van der Waals surface area contributed by atoms with Crippen molar-refractivity contribution in [3.63, 3.8) is 0 Å². The Morgan fingerprint density at radius 3 is 2.94 bits per heavy atom. The lowest BCUT2D eigenvalue weighted by Crippen LogP contribution is -2.35. The number of nitrogens with zero attached hydrogens (tertiary/aromatic N) is 5. The van der Waals surface area contributed by atoms with Crippen LogP contribution in [-0.4, -0.2) is 60.0 Å². The van der Waals surface area contributed by atoms with Crippen LogP contribution >= 0.6 is 0 Å². The lowest BCUT2D eigenvalue weighted by atomic mass is 10.2. The van der Waals surface area contributed by atoms with Crippen LogP contribution in [0.2, 0.25) is 0 Å². The van der Waals surface area contributed by atoms with E-state index in [4.69, 9.17) is 5.11 Å². The second-order valence-corrected chi connectivity index (χ2v) is 3.87. The van der Waals surface area contributed by atoms with E-state index in [1.54, 1.807) is 11.9 Å². The molecule has 0 aromatic carbocycles. The van der Waals surface area contributed by atoms with Crippen molar-refractivity contribution in [2.75, 3.05) is 6.54 Å². The number of aliphatic hydroxyl groups excluding tert-OH is 1. The van der Waals surface area contributed by atoms with Crippen molar-refractivity contribution in [1.82, 2.24) is 25.1 Å². The van der Waals surface area contributed by atoms with Crippen LogP contribution in [0.5, 0.6) is 0 Å². The number of aryl methyl sites for hydroxylation is 1. The third-order valence-corrected chi connectivity index (χ3v) is 2.56. The lowest BCUT2D eigenvalue weighted by Gasteiger charge is -2.18. The first kappa shape index (κ1) is 11.0. The second-order valence-electron chi connectivity index (χ2n) is 3.87. The normalized spacial score (nSPS) is 26.1. The highest BCUT2D eigenvalue weighted by molar-refractivity contribution is 5.73. The third kappa shape index (κ3) is 2.17. The zero-order chi connectivity index (χ0) is 11.7. The molecule has 0 radical (unpaired) electrons. The molecule has 0 saturated carbocycles. The van der Waals surface area contributed by atoms with Gasteiger partial charge in [-0.25, -0.2) is 0 Å². The molecule has 1 fully saturated rings. The van der Waals surface area contributed by atoms with Crippen molar-refractivity contribution in [3.05, 3.63) is 5.82 Å². The molecule has 2 rings (SSSR count). The summed E-state index contributed by atoms with van der Waals surface area (Å²) in [5, 5.41) is 29.8. The Morgan fingerprint density at radius 2 is 2.38 bits per heavy atom. The molecule has 0 amide bonds. The summed E-state index contributed by atoms with van der Waals surface area (Å²) < 4.78 is 0. The molecular weight excluding hydrogens is 214 g/mol. The minimum Gasteiger partial charge on any atom is -0.480 e. The van der Waals surface area contributed by atoms with Gasteiger partial charge in [0.15, 0.2) is 5.82 Å². The Labute approximate surface area is 91.5 Å². The van der Waals surface area contributed by atoms with Gasteiger partial charge in [-0.05, 0) is 5.21 Å². The van der Waals surface area contributed by atoms with E-state index >= 15 is 0 Å². The Balaban J connectivity index is 2.05. The third-order valence-electron chi connectivity index (χ3n) is 2.56. The maximum atomic E-state index is 10.9. The maximum Gasteiger partial charge on any atom is 0.321 e. The number of aromatic nitrogens is 4. The van der Waals surface area contributed by atoms with Crippen LogP contribution in [-0.2, 0) is 18.4 Å². The quantitative estimate of drug-likeness (QED) is 0.629. The van der Waals surface area contributed by atoms with Gasteiger partial charge in [0.25, 0.3) is 0 Å². The van der Waals surface area contributed by atoms with Gasteiger partial charge in [-0.15, -0.1) is 10.2 Å². The van der Waals surface area contributed by atoms with Crippen molar-refractivity contribution in [2.24, 2.45) is 7.05 Å². The molecule has 0 spiro atoms. The largest absolute Gasteiger partial charge is 0.480 e. The number of carboxylic acid groups (broad SMARTS) is 1. The predicted molar refractivity (Wildman–Crippen MR) is 51.3 cm³/mol. The molecule has 2 unspecified atom stereocenters. The van der Waals surface area contributed by atoms with Crippen molar-refractivity contribution >= 4 is 5.97 Å². The van der Waals surface area contributed by atoms with E-state index in [1.165, 1.54) is 4.80 Å². The molecule has 2 N–H and O–H groups in total. The minimum absolute atomic E-state index is 0.246. The van der Waals surface area contributed by atoms with Gasteiger partial charge in [0.2, 0.25) is 0 Å². The molecule has 1 aliphatic rings. The van der Waals surface area contributed by atoms with Crippen molar-refractivity contribution in [1.29, 1.82) is 0 Å². The van der Waals surface area contributed by atoms with Gasteiger partial charge in [-0.2, -0.15) is 4.80 Å². The van der Waals surface area contributed by atoms with E-state index < -0.39 is 18.1 Å². The zero-order valence-corrected chi connectivity index (χ0v) is 8.81. The molecule has 16 heavy (non-hydrogen) atoms. The molecule has 8 nitrogen and oxygen atoms in total.